The van der Waals surface area contributed by atoms with Crippen molar-refractivity contribution in [3.05, 3.63) is 17.2 Å². The van der Waals surface area contributed by atoms with E-state index in [0.717, 1.165) is 30.1 Å². The lowest BCUT2D eigenvalue weighted by atomic mass is 9.90. The Morgan fingerprint density at radius 2 is 2.25 bits per heavy atom. The summed E-state index contributed by atoms with van der Waals surface area (Å²) in [7, 11) is 0. The van der Waals surface area contributed by atoms with E-state index in [1.165, 1.54) is 0 Å². The highest BCUT2D eigenvalue weighted by Crippen LogP contribution is 2.25. The van der Waals surface area contributed by atoms with Gasteiger partial charge in [0, 0.05) is 18.0 Å². The van der Waals surface area contributed by atoms with E-state index in [-0.39, 0.29) is 18.3 Å². The Morgan fingerprint density at radius 3 is 2.81 bits per heavy atom. The molecule has 1 heterocycles. The zero-order valence-electron chi connectivity index (χ0n) is 9.49. The summed E-state index contributed by atoms with van der Waals surface area (Å²) >= 11 is 0. The second-order valence-corrected chi connectivity index (χ2v) is 4.48. The molecular weight excluding hydrogens is 228 g/mol. The highest BCUT2D eigenvalue weighted by atomic mass is 35.5. The maximum Gasteiger partial charge on any atom is 0.306 e. The van der Waals surface area contributed by atoms with E-state index < -0.39 is 5.97 Å². The average molecular weight is 245 g/mol. The fourth-order valence-corrected chi connectivity index (χ4v) is 1.98. The van der Waals surface area contributed by atoms with Crippen LogP contribution in [0.3, 0.4) is 0 Å². The summed E-state index contributed by atoms with van der Waals surface area (Å²) in [4.78, 5) is 18.6. The monoisotopic (exact) mass is 244 g/mol. The van der Waals surface area contributed by atoms with Crippen molar-refractivity contribution >= 4 is 18.4 Å². The van der Waals surface area contributed by atoms with Crippen LogP contribution in [0.1, 0.15) is 43.4 Å². The molecular formula is C11H17ClN2O2. The molecule has 1 atom stereocenters. The Bertz CT molecular complexity index is 387. The fraction of sp³-hybridized carbons (Fsp3) is 0.636. The molecule has 16 heavy (non-hydrogen) atoms. The summed E-state index contributed by atoms with van der Waals surface area (Å²) in [6.45, 7) is 4.16. The van der Waals surface area contributed by atoms with Gasteiger partial charge in [0.2, 0.25) is 0 Å². The van der Waals surface area contributed by atoms with Crippen LogP contribution in [-0.2, 0) is 17.6 Å². The zero-order chi connectivity index (χ0) is 11.0. The number of hydrogen-bond donors (Lipinski definition) is 2. The van der Waals surface area contributed by atoms with Crippen LogP contribution in [0, 0.1) is 5.92 Å². The minimum absolute atomic E-state index is 0. The molecule has 0 bridgehead atoms. The number of aliphatic carboxylic acids is 1. The SMILES string of the molecule is CC(C)c1nc2c([nH]1)CCC(C(=O)O)C2.Cl. The predicted octanol–water partition coefficient (Wildman–Crippen LogP) is 2.14. The summed E-state index contributed by atoms with van der Waals surface area (Å²) in [5, 5.41) is 8.94. The lowest BCUT2D eigenvalue weighted by Crippen LogP contribution is -2.22. The van der Waals surface area contributed by atoms with Crippen molar-refractivity contribution in [3.63, 3.8) is 0 Å². The number of nitrogens with zero attached hydrogens (tertiary/aromatic N) is 1. The lowest BCUT2D eigenvalue weighted by Gasteiger charge is -2.16. The molecule has 0 fully saturated rings. The summed E-state index contributed by atoms with van der Waals surface area (Å²) in [5.41, 5.74) is 2.09. The van der Waals surface area contributed by atoms with Gasteiger partial charge < -0.3 is 10.1 Å². The number of hydrogen-bond acceptors (Lipinski definition) is 2. The molecule has 5 heteroatoms. The van der Waals surface area contributed by atoms with E-state index >= 15 is 0 Å². The summed E-state index contributed by atoms with van der Waals surface area (Å²) < 4.78 is 0. The summed E-state index contributed by atoms with van der Waals surface area (Å²) in [6.07, 6.45) is 2.11. The maximum atomic E-state index is 10.9. The smallest absolute Gasteiger partial charge is 0.306 e. The van der Waals surface area contributed by atoms with Crippen LogP contribution < -0.4 is 0 Å². The van der Waals surface area contributed by atoms with Crippen molar-refractivity contribution in [2.24, 2.45) is 5.92 Å². The number of aromatic amines is 1. The normalized spacial score (nSPS) is 19.1. The Balaban J connectivity index is 0.00000128. The van der Waals surface area contributed by atoms with E-state index in [9.17, 15) is 4.79 Å². The summed E-state index contributed by atoms with van der Waals surface area (Å²) in [5.74, 6) is 0.403. The molecule has 0 spiro atoms. The Morgan fingerprint density at radius 1 is 1.56 bits per heavy atom. The van der Waals surface area contributed by atoms with Gasteiger partial charge in [-0.3, -0.25) is 4.79 Å². The number of rotatable bonds is 2. The van der Waals surface area contributed by atoms with Crippen LogP contribution >= 0.6 is 12.4 Å². The van der Waals surface area contributed by atoms with Gasteiger partial charge in [0.05, 0.1) is 11.6 Å². The standard InChI is InChI=1S/C11H16N2O2.ClH/c1-6(2)10-12-8-4-3-7(11(14)15)5-9(8)13-10;/h6-7H,3-5H2,1-2H3,(H,12,13)(H,14,15);1H. The number of carbonyl (C=O) groups is 1. The summed E-state index contributed by atoms with van der Waals surface area (Å²) in [6, 6.07) is 0. The first-order valence-electron chi connectivity index (χ1n) is 5.38. The molecule has 1 aliphatic rings. The van der Waals surface area contributed by atoms with Crippen LogP contribution in [-0.4, -0.2) is 21.0 Å². The molecule has 0 radical (unpaired) electrons. The molecule has 1 unspecified atom stereocenters. The van der Waals surface area contributed by atoms with E-state index in [2.05, 4.69) is 23.8 Å². The first-order chi connectivity index (χ1) is 7.08. The Kier molecular flexibility index (Phi) is 3.97. The molecule has 90 valence electrons. The van der Waals surface area contributed by atoms with Crippen LogP contribution in [0.2, 0.25) is 0 Å². The quantitative estimate of drug-likeness (QED) is 0.838. The molecule has 0 aliphatic heterocycles. The zero-order valence-corrected chi connectivity index (χ0v) is 10.3. The highest BCUT2D eigenvalue weighted by Gasteiger charge is 2.27. The molecule has 0 saturated carbocycles. The van der Waals surface area contributed by atoms with Crippen LogP contribution in [0.5, 0.6) is 0 Å². The van der Waals surface area contributed by atoms with E-state index in [0.29, 0.717) is 12.3 Å². The Hall–Kier alpha value is -1.03. The third kappa shape index (κ3) is 2.38. The topological polar surface area (TPSA) is 66.0 Å². The number of H-pyrrole nitrogens is 1. The maximum absolute atomic E-state index is 10.9. The number of halogens is 1. The third-order valence-electron chi connectivity index (χ3n) is 2.96. The minimum atomic E-state index is -0.699. The second kappa shape index (κ2) is 4.87. The number of fused-ring (bicyclic) bond motifs is 1. The van der Waals surface area contributed by atoms with Gasteiger partial charge in [0.15, 0.2) is 0 Å². The molecule has 1 aromatic heterocycles. The second-order valence-electron chi connectivity index (χ2n) is 4.48. The number of imidazole rings is 1. The number of carboxylic acid groups (broad SMARTS) is 1. The van der Waals surface area contributed by atoms with E-state index in [4.69, 9.17) is 5.11 Å². The van der Waals surface area contributed by atoms with Gasteiger partial charge in [0.25, 0.3) is 0 Å². The fourth-order valence-electron chi connectivity index (χ4n) is 1.98. The van der Waals surface area contributed by atoms with Crippen LogP contribution in [0.15, 0.2) is 0 Å². The Labute approximate surface area is 101 Å². The van der Waals surface area contributed by atoms with Gasteiger partial charge in [-0.15, -0.1) is 12.4 Å². The van der Waals surface area contributed by atoms with Gasteiger partial charge in [-0.25, -0.2) is 4.98 Å². The van der Waals surface area contributed by atoms with Crippen LogP contribution in [0.25, 0.3) is 0 Å². The highest BCUT2D eigenvalue weighted by molar-refractivity contribution is 5.85. The average Bonchev–Trinajstić information content (AvgIpc) is 2.59. The lowest BCUT2D eigenvalue weighted by molar-refractivity contribution is -0.142. The largest absolute Gasteiger partial charge is 0.481 e. The minimum Gasteiger partial charge on any atom is -0.481 e. The predicted molar refractivity (Wildman–Crippen MR) is 63.1 cm³/mol. The van der Waals surface area contributed by atoms with E-state index in [1.807, 2.05) is 0 Å². The molecule has 0 saturated heterocycles. The van der Waals surface area contributed by atoms with Crippen molar-refractivity contribution in [2.75, 3.05) is 0 Å². The van der Waals surface area contributed by atoms with Crippen molar-refractivity contribution in [1.29, 1.82) is 0 Å². The van der Waals surface area contributed by atoms with Gasteiger partial charge in [-0.05, 0) is 12.8 Å². The van der Waals surface area contributed by atoms with Crippen molar-refractivity contribution in [3.8, 4) is 0 Å². The number of aromatic nitrogens is 2. The molecule has 0 amide bonds. The third-order valence-corrected chi connectivity index (χ3v) is 2.96. The number of carboxylic acids is 1. The van der Waals surface area contributed by atoms with Gasteiger partial charge in [0.1, 0.15) is 5.82 Å². The number of aryl methyl sites for hydroxylation is 1. The molecule has 2 N–H and O–H groups in total. The van der Waals surface area contributed by atoms with E-state index in [1.54, 1.807) is 0 Å². The first kappa shape index (κ1) is 13.0. The van der Waals surface area contributed by atoms with Crippen molar-refractivity contribution < 1.29 is 9.90 Å². The van der Waals surface area contributed by atoms with Crippen molar-refractivity contribution in [2.45, 2.75) is 39.0 Å². The first-order valence-corrected chi connectivity index (χ1v) is 5.38. The van der Waals surface area contributed by atoms with Gasteiger partial charge in [-0.1, -0.05) is 13.8 Å². The van der Waals surface area contributed by atoms with Gasteiger partial charge in [-0.2, -0.15) is 0 Å². The number of nitrogens with one attached hydrogen (secondary N) is 1. The molecule has 4 nitrogen and oxygen atoms in total. The molecule has 0 aromatic carbocycles. The van der Waals surface area contributed by atoms with Gasteiger partial charge >= 0.3 is 5.97 Å². The van der Waals surface area contributed by atoms with Crippen LogP contribution in [0.4, 0.5) is 0 Å². The molecule has 2 rings (SSSR count). The molecule has 1 aliphatic carbocycles. The molecule has 1 aromatic rings. The van der Waals surface area contributed by atoms with Crippen molar-refractivity contribution in [1.82, 2.24) is 9.97 Å².